The van der Waals surface area contributed by atoms with E-state index < -0.39 is 23.7 Å². The molecule has 3 aromatic carbocycles. The second-order valence-electron chi connectivity index (χ2n) is 8.57. The molecule has 1 atom stereocenters. The fourth-order valence-corrected chi connectivity index (χ4v) is 5.46. The molecule has 39 heavy (non-hydrogen) atoms. The van der Waals surface area contributed by atoms with Crippen molar-refractivity contribution in [3.8, 4) is 11.5 Å². The van der Waals surface area contributed by atoms with Crippen molar-refractivity contribution in [2.45, 2.75) is 13.0 Å². The maximum absolute atomic E-state index is 13.5. The summed E-state index contributed by atoms with van der Waals surface area (Å²) >= 11 is 1.22. The highest BCUT2D eigenvalue weighted by molar-refractivity contribution is 7.22. The van der Waals surface area contributed by atoms with Gasteiger partial charge in [0.2, 0.25) is 0 Å². The maximum atomic E-state index is 13.5. The van der Waals surface area contributed by atoms with Crippen LogP contribution in [0.1, 0.15) is 34.5 Å². The molecule has 9 nitrogen and oxygen atoms in total. The molecule has 2 heterocycles. The Hall–Kier alpha value is -4.70. The summed E-state index contributed by atoms with van der Waals surface area (Å²) in [5.74, 6) is -1.41. The minimum absolute atomic E-state index is 0.101. The minimum Gasteiger partial charge on any atom is -0.507 e. The number of benzene rings is 3. The van der Waals surface area contributed by atoms with Crippen LogP contribution in [0, 0.1) is 0 Å². The molecule has 1 saturated heterocycles. The van der Waals surface area contributed by atoms with Crippen LogP contribution in [0.25, 0.3) is 16.0 Å². The van der Waals surface area contributed by atoms with Crippen molar-refractivity contribution in [1.82, 2.24) is 4.98 Å². The lowest BCUT2D eigenvalue weighted by Gasteiger charge is -2.23. The lowest BCUT2D eigenvalue weighted by Crippen LogP contribution is -2.29. The highest BCUT2D eigenvalue weighted by atomic mass is 32.1. The standard InChI is InChI=1S/C29H24N2O7S/c1-4-38-20-7-5-6-18(14-20)25(32)23-24(16-8-10-17(11-9-16)28(35)37-3)31(27(34)26(23)33)29-30-21-13-12-19(36-2)15-22(21)39-29/h5-15,24,32H,4H2,1-3H3/b25-23+. The number of Topliss-reactive ketones (excluding diaryl/α,β-unsaturated/α-hetero) is 1. The summed E-state index contributed by atoms with van der Waals surface area (Å²) in [7, 11) is 2.84. The van der Waals surface area contributed by atoms with Gasteiger partial charge in [-0.25, -0.2) is 9.78 Å². The van der Waals surface area contributed by atoms with E-state index in [1.807, 2.05) is 6.92 Å². The second-order valence-corrected chi connectivity index (χ2v) is 9.58. The van der Waals surface area contributed by atoms with Crippen LogP contribution in [0.3, 0.4) is 0 Å². The van der Waals surface area contributed by atoms with Gasteiger partial charge in [0.05, 0.1) is 48.2 Å². The van der Waals surface area contributed by atoms with E-state index in [0.29, 0.717) is 40.3 Å². The number of methoxy groups -OCH3 is 2. The van der Waals surface area contributed by atoms with Gasteiger partial charge in [-0.1, -0.05) is 35.6 Å². The largest absolute Gasteiger partial charge is 0.507 e. The fraction of sp³-hybridized carbons (Fsp3) is 0.172. The first kappa shape index (κ1) is 25.9. The first-order valence-electron chi connectivity index (χ1n) is 12.0. The molecule has 5 rings (SSSR count). The summed E-state index contributed by atoms with van der Waals surface area (Å²) in [6, 6.07) is 17.3. The van der Waals surface area contributed by atoms with E-state index in [-0.39, 0.29) is 16.5 Å². The van der Waals surface area contributed by atoms with Crippen LogP contribution in [0.15, 0.2) is 72.3 Å². The predicted octanol–water partition coefficient (Wildman–Crippen LogP) is 5.12. The van der Waals surface area contributed by atoms with Gasteiger partial charge in [-0.2, -0.15) is 0 Å². The van der Waals surface area contributed by atoms with E-state index in [4.69, 9.17) is 14.2 Å². The molecule has 0 bridgehead atoms. The molecule has 0 radical (unpaired) electrons. The molecule has 1 fully saturated rings. The number of hydrogen-bond donors (Lipinski definition) is 1. The molecule has 1 aliphatic rings. The van der Waals surface area contributed by atoms with E-state index in [1.165, 1.54) is 23.3 Å². The van der Waals surface area contributed by atoms with Gasteiger partial charge in [-0.3, -0.25) is 14.5 Å². The number of fused-ring (bicyclic) bond motifs is 1. The van der Waals surface area contributed by atoms with Crippen molar-refractivity contribution >= 4 is 50.1 Å². The molecule has 1 unspecified atom stereocenters. The van der Waals surface area contributed by atoms with Crippen LogP contribution in [0.5, 0.6) is 11.5 Å². The molecule has 1 aliphatic heterocycles. The normalized spacial score (nSPS) is 16.5. The topological polar surface area (TPSA) is 115 Å². The zero-order valence-corrected chi connectivity index (χ0v) is 22.2. The Bertz CT molecular complexity index is 1620. The molecule has 0 spiro atoms. The van der Waals surface area contributed by atoms with Gasteiger partial charge in [0.1, 0.15) is 17.3 Å². The van der Waals surface area contributed by atoms with Crippen molar-refractivity contribution in [2.24, 2.45) is 0 Å². The van der Waals surface area contributed by atoms with Gasteiger partial charge >= 0.3 is 11.9 Å². The van der Waals surface area contributed by atoms with Crippen molar-refractivity contribution in [2.75, 3.05) is 25.7 Å². The number of esters is 1. The van der Waals surface area contributed by atoms with Crippen LogP contribution >= 0.6 is 11.3 Å². The SMILES string of the molecule is CCOc1cccc(/C(O)=C2\C(=O)C(=O)N(c3nc4ccc(OC)cc4s3)C2c2ccc(C(=O)OC)cc2)c1. The van der Waals surface area contributed by atoms with Gasteiger partial charge in [0.25, 0.3) is 5.78 Å². The highest BCUT2D eigenvalue weighted by Gasteiger charge is 2.48. The van der Waals surface area contributed by atoms with Crippen molar-refractivity contribution in [3.05, 3.63) is 89.0 Å². The van der Waals surface area contributed by atoms with Crippen molar-refractivity contribution in [3.63, 3.8) is 0 Å². The Morgan fingerprint density at radius 2 is 1.77 bits per heavy atom. The van der Waals surface area contributed by atoms with Crippen LogP contribution in [0.4, 0.5) is 5.13 Å². The van der Waals surface area contributed by atoms with Crippen LogP contribution in [-0.2, 0) is 14.3 Å². The number of carbonyl (C=O) groups excluding carboxylic acids is 3. The third kappa shape index (κ3) is 4.70. The highest BCUT2D eigenvalue weighted by Crippen LogP contribution is 2.44. The van der Waals surface area contributed by atoms with Crippen LogP contribution < -0.4 is 14.4 Å². The summed E-state index contributed by atoms with van der Waals surface area (Å²) in [6.45, 7) is 2.26. The number of nitrogens with zero attached hydrogens (tertiary/aromatic N) is 2. The van der Waals surface area contributed by atoms with Crippen molar-refractivity contribution in [1.29, 1.82) is 0 Å². The van der Waals surface area contributed by atoms with Crippen LogP contribution in [0.2, 0.25) is 0 Å². The number of aliphatic hydroxyl groups is 1. The van der Waals surface area contributed by atoms with Crippen LogP contribution in [-0.4, -0.2) is 48.6 Å². The average Bonchev–Trinajstić information content (AvgIpc) is 3.50. The summed E-state index contributed by atoms with van der Waals surface area (Å²) in [5.41, 5.74) is 1.65. The van der Waals surface area contributed by atoms with Gasteiger partial charge in [-0.15, -0.1) is 0 Å². The molecule has 1 N–H and O–H groups in total. The third-order valence-electron chi connectivity index (χ3n) is 6.30. The molecule has 198 valence electrons. The Morgan fingerprint density at radius 3 is 2.46 bits per heavy atom. The summed E-state index contributed by atoms with van der Waals surface area (Å²) < 4.78 is 16.4. The molecule has 0 saturated carbocycles. The summed E-state index contributed by atoms with van der Waals surface area (Å²) in [4.78, 5) is 44.9. The quantitative estimate of drug-likeness (QED) is 0.148. The summed E-state index contributed by atoms with van der Waals surface area (Å²) in [5, 5.41) is 11.7. The number of amides is 1. The first-order valence-corrected chi connectivity index (χ1v) is 12.8. The van der Waals surface area contributed by atoms with E-state index in [2.05, 4.69) is 4.98 Å². The van der Waals surface area contributed by atoms with Gasteiger partial charge in [0, 0.05) is 5.56 Å². The van der Waals surface area contributed by atoms with Gasteiger partial charge in [0.15, 0.2) is 5.13 Å². The third-order valence-corrected chi connectivity index (χ3v) is 7.32. The summed E-state index contributed by atoms with van der Waals surface area (Å²) in [6.07, 6.45) is 0. The number of thiazole rings is 1. The lowest BCUT2D eigenvalue weighted by molar-refractivity contribution is -0.132. The minimum atomic E-state index is -1.00. The molecule has 0 aliphatic carbocycles. The Labute approximate surface area is 227 Å². The average molecular weight is 545 g/mol. The number of hydrogen-bond acceptors (Lipinski definition) is 9. The number of ether oxygens (including phenoxy) is 3. The van der Waals surface area contributed by atoms with Gasteiger partial charge in [-0.05, 0) is 55.0 Å². The monoisotopic (exact) mass is 544 g/mol. The molecular weight excluding hydrogens is 520 g/mol. The van der Waals surface area contributed by atoms with E-state index >= 15 is 0 Å². The van der Waals surface area contributed by atoms with E-state index in [0.717, 1.165) is 4.70 Å². The maximum Gasteiger partial charge on any atom is 0.337 e. The Kier molecular flexibility index (Phi) is 7.03. The molecule has 1 amide bonds. The first-order chi connectivity index (χ1) is 18.9. The molecule has 4 aromatic rings. The number of aromatic nitrogens is 1. The second kappa shape index (κ2) is 10.6. The smallest absolute Gasteiger partial charge is 0.337 e. The number of rotatable bonds is 7. The number of aliphatic hydroxyl groups excluding tert-OH is 1. The number of anilines is 1. The zero-order chi connectivity index (χ0) is 27.7. The molecule has 1 aromatic heterocycles. The Morgan fingerprint density at radius 1 is 1.00 bits per heavy atom. The lowest BCUT2D eigenvalue weighted by atomic mass is 9.94. The zero-order valence-electron chi connectivity index (χ0n) is 21.3. The number of carbonyl (C=O) groups is 3. The van der Waals surface area contributed by atoms with Gasteiger partial charge < -0.3 is 19.3 Å². The van der Waals surface area contributed by atoms with E-state index in [1.54, 1.807) is 73.8 Å². The molecular formula is C29H24N2O7S. The molecule has 10 heteroatoms. The van der Waals surface area contributed by atoms with E-state index in [9.17, 15) is 19.5 Å². The van der Waals surface area contributed by atoms with Crippen molar-refractivity contribution < 1.29 is 33.7 Å². The Balaban J connectivity index is 1.69. The predicted molar refractivity (Wildman–Crippen MR) is 146 cm³/mol. The fourth-order valence-electron chi connectivity index (χ4n) is 4.44. The number of ketones is 1.